The van der Waals surface area contributed by atoms with E-state index in [4.69, 9.17) is 21.9 Å². The fraction of sp³-hybridized carbons (Fsp3) is 0.500. The molecule has 1 aromatic rings. The van der Waals surface area contributed by atoms with Crippen molar-refractivity contribution in [1.82, 2.24) is 5.43 Å². The van der Waals surface area contributed by atoms with Crippen molar-refractivity contribution in [1.29, 1.82) is 0 Å². The van der Waals surface area contributed by atoms with E-state index in [1.54, 1.807) is 6.07 Å². The second-order valence-corrected chi connectivity index (χ2v) is 3.50. The number of halogens is 1. The average Bonchev–Trinajstić information content (AvgIpc) is 2.78. The van der Waals surface area contributed by atoms with Crippen molar-refractivity contribution in [3.05, 3.63) is 23.1 Å². The summed E-state index contributed by atoms with van der Waals surface area (Å²) in [5.74, 6) is 6.86. The molecule has 1 atom stereocenters. The SMILES string of the molecule is NNC(c1ccc(Cl)o1)C1CC1. The van der Waals surface area contributed by atoms with Gasteiger partial charge in [0.2, 0.25) is 0 Å². The highest BCUT2D eigenvalue weighted by molar-refractivity contribution is 6.28. The highest BCUT2D eigenvalue weighted by Crippen LogP contribution is 2.41. The Morgan fingerprint density at radius 3 is 2.75 bits per heavy atom. The summed E-state index contributed by atoms with van der Waals surface area (Å²) >= 11 is 5.65. The standard InChI is InChI=1S/C8H11ClN2O/c9-7-4-3-6(12-7)8(11-10)5-1-2-5/h3-5,8,11H,1-2,10H2. The zero-order valence-electron chi connectivity index (χ0n) is 6.59. The topological polar surface area (TPSA) is 51.2 Å². The molecule has 1 fully saturated rings. The molecule has 1 heterocycles. The Hall–Kier alpha value is -0.510. The number of nitrogens with two attached hydrogens (primary N) is 1. The van der Waals surface area contributed by atoms with Gasteiger partial charge < -0.3 is 4.42 Å². The van der Waals surface area contributed by atoms with E-state index in [0.29, 0.717) is 11.1 Å². The second-order valence-electron chi connectivity index (χ2n) is 3.12. The van der Waals surface area contributed by atoms with Crippen molar-refractivity contribution in [3.8, 4) is 0 Å². The van der Waals surface area contributed by atoms with Gasteiger partial charge >= 0.3 is 0 Å². The van der Waals surface area contributed by atoms with Crippen LogP contribution in [0.1, 0.15) is 24.6 Å². The van der Waals surface area contributed by atoms with Crippen LogP contribution in [0.2, 0.25) is 5.22 Å². The van der Waals surface area contributed by atoms with Crippen LogP contribution in [-0.2, 0) is 0 Å². The number of hydrazine groups is 1. The van der Waals surface area contributed by atoms with Crippen LogP contribution in [0.4, 0.5) is 0 Å². The van der Waals surface area contributed by atoms with Crippen molar-refractivity contribution in [2.24, 2.45) is 11.8 Å². The average molecular weight is 187 g/mol. The van der Waals surface area contributed by atoms with Gasteiger partial charge in [-0.2, -0.15) is 0 Å². The first-order chi connectivity index (χ1) is 5.81. The van der Waals surface area contributed by atoms with Gasteiger partial charge in [0.25, 0.3) is 0 Å². The van der Waals surface area contributed by atoms with Crippen LogP contribution in [-0.4, -0.2) is 0 Å². The summed E-state index contributed by atoms with van der Waals surface area (Å²) in [7, 11) is 0. The summed E-state index contributed by atoms with van der Waals surface area (Å²) in [6, 6.07) is 3.74. The third-order valence-corrected chi connectivity index (χ3v) is 2.38. The van der Waals surface area contributed by atoms with Gasteiger partial charge in [0, 0.05) is 0 Å². The fourth-order valence-electron chi connectivity index (χ4n) is 1.38. The van der Waals surface area contributed by atoms with E-state index in [1.807, 2.05) is 6.07 Å². The first-order valence-corrected chi connectivity index (χ1v) is 4.40. The van der Waals surface area contributed by atoms with Crippen LogP contribution in [0, 0.1) is 5.92 Å². The normalized spacial score (nSPS) is 19.5. The minimum Gasteiger partial charge on any atom is -0.448 e. The van der Waals surface area contributed by atoms with Gasteiger partial charge in [-0.25, -0.2) is 5.43 Å². The lowest BCUT2D eigenvalue weighted by molar-refractivity contribution is 0.389. The summed E-state index contributed by atoms with van der Waals surface area (Å²) in [6.45, 7) is 0. The molecule has 0 bridgehead atoms. The molecular weight excluding hydrogens is 176 g/mol. The van der Waals surface area contributed by atoms with Gasteiger partial charge in [0.15, 0.2) is 5.22 Å². The van der Waals surface area contributed by atoms with E-state index in [0.717, 1.165) is 5.76 Å². The molecule has 0 aliphatic heterocycles. The lowest BCUT2D eigenvalue weighted by Gasteiger charge is -2.10. The fourth-order valence-corrected chi connectivity index (χ4v) is 1.53. The molecule has 0 spiro atoms. The first-order valence-electron chi connectivity index (χ1n) is 4.02. The van der Waals surface area contributed by atoms with E-state index in [2.05, 4.69) is 5.43 Å². The Balaban J connectivity index is 2.15. The molecule has 1 aromatic heterocycles. The van der Waals surface area contributed by atoms with E-state index in [9.17, 15) is 0 Å². The van der Waals surface area contributed by atoms with Gasteiger partial charge in [0.1, 0.15) is 5.76 Å². The lowest BCUT2D eigenvalue weighted by Crippen LogP contribution is -2.29. The predicted octanol–water partition coefficient (Wildman–Crippen LogP) is 1.85. The molecule has 0 radical (unpaired) electrons. The van der Waals surface area contributed by atoms with E-state index >= 15 is 0 Å². The maximum Gasteiger partial charge on any atom is 0.193 e. The van der Waals surface area contributed by atoms with Crippen LogP contribution < -0.4 is 11.3 Å². The van der Waals surface area contributed by atoms with Crippen LogP contribution in [0.3, 0.4) is 0 Å². The van der Waals surface area contributed by atoms with E-state index < -0.39 is 0 Å². The van der Waals surface area contributed by atoms with E-state index in [-0.39, 0.29) is 6.04 Å². The van der Waals surface area contributed by atoms with Crippen molar-refractivity contribution < 1.29 is 4.42 Å². The molecule has 3 nitrogen and oxygen atoms in total. The molecule has 66 valence electrons. The Morgan fingerprint density at radius 1 is 1.58 bits per heavy atom. The summed E-state index contributed by atoms with van der Waals surface area (Å²) in [5.41, 5.74) is 2.74. The Kier molecular flexibility index (Phi) is 2.09. The minimum atomic E-state index is 0.137. The zero-order chi connectivity index (χ0) is 8.55. The van der Waals surface area contributed by atoms with Crippen LogP contribution in [0.15, 0.2) is 16.5 Å². The van der Waals surface area contributed by atoms with E-state index in [1.165, 1.54) is 12.8 Å². The van der Waals surface area contributed by atoms with Gasteiger partial charge in [0.05, 0.1) is 6.04 Å². The van der Waals surface area contributed by atoms with Gasteiger partial charge in [-0.05, 0) is 42.5 Å². The van der Waals surface area contributed by atoms with Gasteiger partial charge in [-0.1, -0.05) is 0 Å². The summed E-state index contributed by atoms with van der Waals surface area (Å²) in [4.78, 5) is 0. The smallest absolute Gasteiger partial charge is 0.193 e. The van der Waals surface area contributed by atoms with Crippen molar-refractivity contribution in [2.45, 2.75) is 18.9 Å². The van der Waals surface area contributed by atoms with Gasteiger partial charge in [-0.15, -0.1) is 0 Å². The van der Waals surface area contributed by atoms with Crippen molar-refractivity contribution in [2.75, 3.05) is 0 Å². The molecule has 3 N–H and O–H groups in total. The Bertz CT molecular complexity index is 270. The molecule has 1 aliphatic carbocycles. The maximum atomic E-state index is 5.65. The minimum absolute atomic E-state index is 0.137. The van der Waals surface area contributed by atoms with Crippen LogP contribution >= 0.6 is 11.6 Å². The molecule has 12 heavy (non-hydrogen) atoms. The largest absolute Gasteiger partial charge is 0.448 e. The molecule has 0 saturated heterocycles. The third kappa shape index (κ3) is 1.48. The molecule has 1 saturated carbocycles. The second kappa shape index (κ2) is 3.09. The third-order valence-electron chi connectivity index (χ3n) is 2.17. The van der Waals surface area contributed by atoms with Crippen molar-refractivity contribution in [3.63, 3.8) is 0 Å². The summed E-state index contributed by atoms with van der Waals surface area (Å²) < 4.78 is 5.26. The van der Waals surface area contributed by atoms with Crippen LogP contribution in [0.25, 0.3) is 0 Å². The quantitative estimate of drug-likeness (QED) is 0.560. The lowest BCUT2D eigenvalue weighted by atomic mass is 10.1. The highest BCUT2D eigenvalue weighted by atomic mass is 35.5. The summed E-state index contributed by atoms with van der Waals surface area (Å²) in [6.07, 6.45) is 2.43. The monoisotopic (exact) mass is 186 g/mol. The van der Waals surface area contributed by atoms with Gasteiger partial charge in [-0.3, -0.25) is 5.84 Å². The molecule has 4 heteroatoms. The number of hydrogen-bond acceptors (Lipinski definition) is 3. The van der Waals surface area contributed by atoms with Crippen molar-refractivity contribution >= 4 is 11.6 Å². The predicted molar refractivity (Wildman–Crippen MR) is 46.5 cm³/mol. The molecule has 0 aromatic carbocycles. The summed E-state index contributed by atoms with van der Waals surface area (Å²) in [5, 5.41) is 0.422. The zero-order valence-corrected chi connectivity index (χ0v) is 7.34. The molecular formula is C8H11ClN2O. The molecule has 1 unspecified atom stereocenters. The highest BCUT2D eigenvalue weighted by Gasteiger charge is 2.33. The number of rotatable bonds is 3. The number of nitrogens with one attached hydrogen (secondary N) is 1. The molecule has 0 amide bonds. The van der Waals surface area contributed by atoms with Crippen LogP contribution in [0.5, 0.6) is 0 Å². The molecule has 1 aliphatic rings. The Morgan fingerprint density at radius 2 is 2.33 bits per heavy atom. The number of furan rings is 1. The first kappa shape index (κ1) is 8.10. The molecule has 2 rings (SSSR count). The maximum absolute atomic E-state index is 5.65. The Labute approximate surface area is 75.8 Å². The number of hydrogen-bond donors (Lipinski definition) is 2.